The smallest absolute Gasteiger partial charge is 0.264 e. The first-order valence-electron chi connectivity index (χ1n) is 10.0. The summed E-state index contributed by atoms with van der Waals surface area (Å²) in [6, 6.07) is 15.3. The van der Waals surface area contributed by atoms with Crippen LogP contribution in [0.2, 0.25) is 0 Å². The maximum atomic E-state index is 13.4. The number of hydrogen-bond acceptors (Lipinski definition) is 5. The standard InChI is InChI=1S/C22H30N2O4S/c1-18-12-14-23(15-13-18)16-19(25)17-24(21-10-6-7-11-22(21)28-2)29(26,27)20-8-4-3-5-9-20/h3-11,18-19,25H,12-17H2,1-2H3. The Morgan fingerprint density at radius 2 is 1.72 bits per heavy atom. The monoisotopic (exact) mass is 418 g/mol. The van der Waals surface area contributed by atoms with E-state index in [1.807, 2.05) is 0 Å². The minimum atomic E-state index is -3.86. The molecule has 0 amide bonds. The Labute approximate surface area is 173 Å². The summed E-state index contributed by atoms with van der Waals surface area (Å²) in [6.07, 6.45) is 1.39. The van der Waals surface area contributed by atoms with Crippen LogP contribution in [0.1, 0.15) is 19.8 Å². The van der Waals surface area contributed by atoms with Crippen molar-refractivity contribution in [1.29, 1.82) is 0 Å². The van der Waals surface area contributed by atoms with Crippen LogP contribution in [-0.2, 0) is 10.0 Å². The first kappa shape index (κ1) is 21.6. The fraction of sp³-hybridized carbons (Fsp3) is 0.455. The lowest BCUT2D eigenvalue weighted by Crippen LogP contribution is -2.45. The molecule has 0 aliphatic carbocycles. The molecule has 0 spiro atoms. The van der Waals surface area contributed by atoms with E-state index in [1.54, 1.807) is 54.6 Å². The third kappa shape index (κ3) is 5.29. The molecule has 1 aliphatic rings. The van der Waals surface area contributed by atoms with Crippen LogP contribution in [0.15, 0.2) is 59.5 Å². The molecule has 1 saturated heterocycles. The van der Waals surface area contributed by atoms with Gasteiger partial charge in [0.2, 0.25) is 0 Å². The normalized spacial score (nSPS) is 17.1. The molecule has 0 bridgehead atoms. The van der Waals surface area contributed by atoms with Crippen LogP contribution in [0, 0.1) is 5.92 Å². The molecule has 0 aromatic heterocycles. The second-order valence-electron chi connectivity index (χ2n) is 7.66. The van der Waals surface area contributed by atoms with Crippen molar-refractivity contribution in [3.63, 3.8) is 0 Å². The van der Waals surface area contributed by atoms with E-state index < -0.39 is 16.1 Å². The summed E-state index contributed by atoms with van der Waals surface area (Å²) in [5, 5.41) is 10.8. The number of para-hydroxylation sites is 2. The molecule has 2 aromatic carbocycles. The highest BCUT2D eigenvalue weighted by atomic mass is 32.2. The predicted octanol–water partition coefficient (Wildman–Crippen LogP) is 2.98. The van der Waals surface area contributed by atoms with Crippen LogP contribution in [0.25, 0.3) is 0 Å². The maximum Gasteiger partial charge on any atom is 0.264 e. The van der Waals surface area contributed by atoms with Crippen molar-refractivity contribution in [2.24, 2.45) is 5.92 Å². The number of ether oxygens (including phenoxy) is 1. The van der Waals surface area contributed by atoms with E-state index in [9.17, 15) is 13.5 Å². The Morgan fingerprint density at radius 3 is 2.38 bits per heavy atom. The Kier molecular flexibility index (Phi) is 7.16. The summed E-state index contributed by atoms with van der Waals surface area (Å²) in [5.74, 6) is 1.15. The van der Waals surface area contributed by atoms with Gasteiger partial charge < -0.3 is 14.7 Å². The Hall–Kier alpha value is -2.09. The molecule has 1 aliphatic heterocycles. The zero-order valence-electron chi connectivity index (χ0n) is 17.1. The van der Waals surface area contributed by atoms with Crippen LogP contribution in [0.4, 0.5) is 5.69 Å². The summed E-state index contributed by atoms with van der Waals surface area (Å²) in [5.41, 5.74) is 0.421. The molecule has 29 heavy (non-hydrogen) atoms. The Bertz CT molecular complexity index is 881. The summed E-state index contributed by atoms with van der Waals surface area (Å²) in [7, 11) is -2.35. The number of aliphatic hydroxyl groups is 1. The SMILES string of the molecule is COc1ccccc1N(CC(O)CN1CCC(C)CC1)S(=O)(=O)c1ccccc1. The van der Waals surface area contributed by atoms with Crippen molar-refractivity contribution >= 4 is 15.7 Å². The minimum absolute atomic E-state index is 0.0380. The zero-order chi connectivity index (χ0) is 20.9. The van der Waals surface area contributed by atoms with E-state index in [0.29, 0.717) is 23.9 Å². The molecule has 1 atom stereocenters. The number of hydrogen-bond donors (Lipinski definition) is 1. The van der Waals surface area contributed by atoms with E-state index in [2.05, 4.69) is 11.8 Å². The van der Waals surface area contributed by atoms with Crippen molar-refractivity contribution in [3.05, 3.63) is 54.6 Å². The lowest BCUT2D eigenvalue weighted by molar-refractivity contribution is 0.0970. The number of sulfonamides is 1. The number of rotatable bonds is 8. The average molecular weight is 419 g/mol. The summed E-state index contributed by atoms with van der Waals surface area (Å²) >= 11 is 0. The van der Waals surface area contributed by atoms with E-state index in [1.165, 1.54) is 11.4 Å². The minimum Gasteiger partial charge on any atom is -0.495 e. The first-order chi connectivity index (χ1) is 13.9. The Balaban J connectivity index is 1.87. The van der Waals surface area contributed by atoms with Crippen molar-refractivity contribution in [2.75, 3.05) is 37.6 Å². The highest BCUT2D eigenvalue weighted by molar-refractivity contribution is 7.92. The number of nitrogens with zero attached hydrogens (tertiary/aromatic N) is 2. The van der Waals surface area contributed by atoms with Gasteiger partial charge in [0, 0.05) is 6.54 Å². The van der Waals surface area contributed by atoms with Gasteiger partial charge in [-0.15, -0.1) is 0 Å². The molecular formula is C22H30N2O4S. The van der Waals surface area contributed by atoms with E-state index >= 15 is 0 Å². The highest BCUT2D eigenvalue weighted by Crippen LogP contribution is 2.32. The second-order valence-corrected chi connectivity index (χ2v) is 9.52. The van der Waals surface area contributed by atoms with Gasteiger partial charge in [0.25, 0.3) is 10.0 Å². The fourth-order valence-corrected chi connectivity index (χ4v) is 5.21. The van der Waals surface area contributed by atoms with Crippen LogP contribution in [-0.4, -0.2) is 57.8 Å². The average Bonchev–Trinajstić information content (AvgIpc) is 2.74. The van der Waals surface area contributed by atoms with Gasteiger partial charge in [0.15, 0.2) is 0 Å². The molecule has 158 valence electrons. The fourth-order valence-electron chi connectivity index (χ4n) is 3.67. The van der Waals surface area contributed by atoms with Crippen molar-refractivity contribution < 1.29 is 18.3 Å². The largest absolute Gasteiger partial charge is 0.495 e. The van der Waals surface area contributed by atoms with Crippen molar-refractivity contribution in [2.45, 2.75) is 30.8 Å². The molecule has 6 nitrogen and oxygen atoms in total. The van der Waals surface area contributed by atoms with Crippen LogP contribution >= 0.6 is 0 Å². The molecule has 2 aromatic rings. The quantitative estimate of drug-likeness (QED) is 0.714. The third-order valence-electron chi connectivity index (χ3n) is 5.41. The lowest BCUT2D eigenvalue weighted by Gasteiger charge is -2.33. The van der Waals surface area contributed by atoms with Gasteiger partial charge >= 0.3 is 0 Å². The van der Waals surface area contributed by atoms with Gasteiger partial charge in [0.05, 0.1) is 30.3 Å². The van der Waals surface area contributed by atoms with Gasteiger partial charge in [-0.1, -0.05) is 37.3 Å². The molecule has 1 N–H and O–H groups in total. The van der Waals surface area contributed by atoms with Gasteiger partial charge in [-0.3, -0.25) is 4.31 Å². The number of benzene rings is 2. The number of β-amino-alcohol motifs (C(OH)–C–C–N with tert-alkyl or cyclic N) is 1. The van der Waals surface area contributed by atoms with E-state index in [0.717, 1.165) is 25.9 Å². The third-order valence-corrected chi connectivity index (χ3v) is 7.20. The maximum absolute atomic E-state index is 13.4. The van der Waals surface area contributed by atoms with Gasteiger partial charge in [-0.25, -0.2) is 8.42 Å². The van der Waals surface area contributed by atoms with Gasteiger partial charge in [0.1, 0.15) is 5.75 Å². The number of aliphatic hydroxyl groups excluding tert-OH is 1. The van der Waals surface area contributed by atoms with Crippen LogP contribution in [0.5, 0.6) is 5.75 Å². The van der Waals surface area contributed by atoms with E-state index in [-0.39, 0.29) is 11.4 Å². The van der Waals surface area contributed by atoms with Crippen LogP contribution < -0.4 is 9.04 Å². The zero-order valence-corrected chi connectivity index (χ0v) is 17.9. The highest BCUT2D eigenvalue weighted by Gasteiger charge is 2.30. The molecular weight excluding hydrogens is 388 g/mol. The number of piperidine rings is 1. The molecule has 3 rings (SSSR count). The predicted molar refractivity (Wildman–Crippen MR) is 115 cm³/mol. The molecule has 1 heterocycles. The summed E-state index contributed by atoms with van der Waals surface area (Å²) in [4.78, 5) is 2.39. The molecule has 1 unspecified atom stereocenters. The van der Waals surface area contributed by atoms with Gasteiger partial charge in [-0.05, 0) is 56.1 Å². The summed E-state index contributed by atoms with van der Waals surface area (Å²) in [6.45, 7) is 4.51. The Morgan fingerprint density at radius 1 is 1.10 bits per heavy atom. The second kappa shape index (κ2) is 9.61. The van der Waals surface area contributed by atoms with E-state index in [4.69, 9.17) is 4.74 Å². The lowest BCUT2D eigenvalue weighted by atomic mass is 9.99. The first-order valence-corrected chi connectivity index (χ1v) is 11.5. The molecule has 1 fully saturated rings. The van der Waals surface area contributed by atoms with Crippen molar-refractivity contribution in [1.82, 2.24) is 4.90 Å². The molecule has 0 saturated carbocycles. The summed E-state index contributed by atoms with van der Waals surface area (Å²) < 4.78 is 33.5. The number of methoxy groups -OCH3 is 1. The van der Waals surface area contributed by atoms with Crippen molar-refractivity contribution in [3.8, 4) is 5.75 Å². The molecule has 7 heteroatoms. The number of likely N-dealkylation sites (tertiary alicyclic amines) is 1. The topological polar surface area (TPSA) is 70.1 Å². The van der Waals surface area contributed by atoms with Crippen LogP contribution in [0.3, 0.4) is 0 Å². The number of anilines is 1. The molecule has 0 radical (unpaired) electrons. The van der Waals surface area contributed by atoms with Gasteiger partial charge in [-0.2, -0.15) is 0 Å².